The van der Waals surface area contributed by atoms with Gasteiger partial charge in [0.25, 0.3) is 0 Å². The molecule has 114 valence electrons. The molecule has 20 heavy (non-hydrogen) atoms. The van der Waals surface area contributed by atoms with Crippen LogP contribution in [0.2, 0.25) is 0 Å². The van der Waals surface area contributed by atoms with Gasteiger partial charge >= 0.3 is 12.1 Å². The van der Waals surface area contributed by atoms with E-state index in [-0.39, 0.29) is 19.1 Å². The Morgan fingerprint density at radius 3 is 2.55 bits per heavy atom. The van der Waals surface area contributed by atoms with Crippen LogP contribution in [0.1, 0.15) is 19.8 Å². The second-order valence-corrected chi connectivity index (χ2v) is 4.58. The highest BCUT2D eigenvalue weighted by molar-refractivity contribution is 5.81. The van der Waals surface area contributed by atoms with Crippen LogP contribution in [0.4, 0.5) is 4.79 Å². The second-order valence-electron chi connectivity index (χ2n) is 4.58. The van der Waals surface area contributed by atoms with Gasteiger partial charge in [-0.3, -0.25) is 4.79 Å². The van der Waals surface area contributed by atoms with Gasteiger partial charge in [0.05, 0.1) is 6.61 Å². The van der Waals surface area contributed by atoms with Crippen molar-refractivity contribution in [3.8, 4) is 0 Å². The summed E-state index contributed by atoms with van der Waals surface area (Å²) in [6, 6.07) is -0.939. The van der Waals surface area contributed by atoms with Crippen LogP contribution in [-0.4, -0.2) is 66.8 Å². The van der Waals surface area contributed by atoms with Crippen LogP contribution in [0.5, 0.6) is 0 Å². The topological polar surface area (TPSA) is 108 Å². The lowest BCUT2D eigenvalue weighted by Crippen LogP contribution is -2.46. The van der Waals surface area contributed by atoms with Crippen molar-refractivity contribution in [2.24, 2.45) is 0 Å². The molecule has 1 aliphatic rings. The van der Waals surface area contributed by atoms with Crippen LogP contribution < -0.4 is 10.6 Å². The largest absolute Gasteiger partial charge is 0.480 e. The molecule has 1 unspecified atom stereocenters. The first-order valence-corrected chi connectivity index (χ1v) is 6.63. The summed E-state index contributed by atoms with van der Waals surface area (Å²) >= 11 is 0. The zero-order valence-electron chi connectivity index (χ0n) is 11.6. The van der Waals surface area contributed by atoms with Crippen LogP contribution >= 0.6 is 0 Å². The Labute approximate surface area is 117 Å². The lowest BCUT2D eigenvalue weighted by Gasteiger charge is -2.26. The quantitative estimate of drug-likeness (QED) is 0.563. The summed E-state index contributed by atoms with van der Waals surface area (Å²) in [7, 11) is 0. The van der Waals surface area contributed by atoms with E-state index >= 15 is 0 Å². The normalized spacial score (nSPS) is 16.4. The molecule has 0 bridgehead atoms. The molecule has 1 atom stereocenters. The number of carbonyl (C=O) groups excluding carboxylic acids is 2. The summed E-state index contributed by atoms with van der Waals surface area (Å²) < 4.78 is 5.07. The molecule has 0 aromatic heterocycles. The molecule has 0 saturated carbocycles. The number of carboxylic acid groups (broad SMARTS) is 1. The predicted octanol–water partition coefficient (Wildman–Crippen LogP) is -0.602. The van der Waals surface area contributed by atoms with Crippen LogP contribution in [0.3, 0.4) is 0 Å². The number of piperazine rings is 1. The van der Waals surface area contributed by atoms with E-state index in [9.17, 15) is 14.4 Å². The average molecular weight is 287 g/mol. The predicted molar refractivity (Wildman–Crippen MR) is 70.3 cm³/mol. The molecule has 1 heterocycles. The molecule has 0 aliphatic carbocycles. The van der Waals surface area contributed by atoms with Crippen molar-refractivity contribution >= 4 is 18.0 Å². The molecule has 1 rings (SSSR count). The fourth-order valence-electron chi connectivity index (χ4n) is 1.89. The van der Waals surface area contributed by atoms with Gasteiger partial charge in [0.1, 0.15) is 6.04 Å². The van der Waals surface area contributed by atoms with Gasteiger partial charge in [0.2, 0.25) is 5.91 Å². The van der Waals surface area contributed by atoms with Gasteiger partial charge in [-0.25, -0.2) is 9.59 Å². The molecule has 3 N–H and O–H groups in total. The number of hydrogen-bond donors (Lipinski definition) is 3. The van der Waals surface area contributed by atoms with E-state index in [2.05, 4.69) is 10.6 Å². The molecule has 1 fully saturated rings. The fourth-order valence-corrected chi connectivity index (χ4v) is 1.89. The highest BCUT2D eigenvalue weighted by Crippen LogP contribution is 2.02. The van der Waals surface area contributed by atoms with Crippen LogP contribution in [-0.2, 0) is 14.3 Å². The van der Waals surface area contributed by atoms with Crippen molar-refractivity contribution < 1.29 is 24.2 Å². The van der Waals surface area contributed by atoms with Gasteiger partial charge in [0, 0.05) is 33.1 Å². The second kappa shape index (κ2) is 8.36. The lowest BCUT2D eigenvalue weighted by atomic mass is 10.1. The van der Waals surface area contributed by atoms with Crippen LogP contribution in [0.15, 0.2) is 0 Å². The third-order valence-corrected chi connectivity index (χ3v) is 2.91. The highest BCUT2D eigenvalue weighted by atomic mass is 16.6. The number of hydrogen-bond acceptors (Lipinski definition) is 5. The number of amides is 2. The van der Waals surface area contributed by atoms with Crippen LogP contribution in [0, 0.1) is 0 Å². The molecule has 8 nitrogen and oxygen atoms in total. The maximum absolute atomic E-state index is 11.6. The third kappa shape index (κ3) is 5.87. The van der Waals surface area contributed by atoms with Crippen molar-refractivity contribution in [3.05, 3.63) is 0 Å². The molecule has 2 amide bonds. The van der Waals surface area contributed by atoms with Gasteiger partial charge in [-0.15, -0.1) is 0 Å². The van der Waals surface area contributed by atoms with Gasteiger partial charge in [-0.1, -0.05) is 0 Å². The van der Waals surface area contributed by atoms with Crippen molar-refractivity contribution in [1.82, 2.24) is 15.5 Å². The molecule has 0 radical (unpaired) electrons. The lowest BCUT2D eigenvalue weighted by molar-refractivity contribution is -0.141. The Balaban J connectivity index is 2.20. The van der Waals surface area contributed by atoms with Gasteiger partial charge in [0.15, 0.2) is 0 Å². The molecule has 1 aliphatic heterocycles. The minimum Gasteiger partial charge on any atom is -0.480 e. The molecule has 0 aromatic rings. The van der Waals surface area contributed by atoms with Gasteiger partial charge in [-0.05, 0) is 12.8 Å². The minimum absolute atomic E-state index is 0.145. The maximum atomic E-state index is 11.6. The Morgan fingerprint density at radius 2 is 2.00 bits per heavy atom. The van der Waals surface area contributed by atoms with Gasteiger partial charge in [-0.2, -0.15) is 0 Å². The molecular weight excluding hydrogens is 266 g/mol. The Kier molecular flexibility index (Phi) is 6.78. The summed E-state index contributed by atoms with van der Waals surface area (Å²) in [6.45, 7) is 4.13. The highest BCUT2D eigenvalue weighted by Gasteiger charge is 2.19. The standard InChI is InChI=1S/C12H21N3O5/c1-9(16)14-10(11(17)18)3-2-8-20-12(19)15-6-4-13-5-7-15/h10,13H,2-8H2,1H3,(H,14,16)(H,17,18). The number of aliphatic carboxylic acids is 1. The van der Waals surface area contributed by atoms with Crippen molar-refractivity contribution in [3.63, 3.8) is 0 Å². The number of carboxylic acids is 1. The van der Waals surface area contributed by atoms with E-state index in [1.807, 2.05) is 0 Å². The first kappa shape index (κ1) is 16.2. The summed E-state index contributed by atoms with van der Waals surface area (Å²) in [5.41, 5.74) is 0. The van der Waals surface area contributed by atoms with Crippen LogP contribution in [0.25, 0.3) is 0 Å². The van der Waals surface area contributed by atoms with E-state index in [0.717, 1.165) is 13.1 Å². The summed E-state index contributed by atoms with van der Waals surface area (Å²) in [4.78, 5) is 35.0. The average Bonchev–Trinajstić information content (AvgIpc) is 2.42. The molecular formula is C12H21N3O5. The minimum atomic E-state index is -1.09. The van der Waals surface area contributed by atoms with E-state index in [4.69, 9.17) is 9.84 Å². The fraction of sp³-hybridized carbons (Fsp3) is 0.750. The van der Waals surface area contributed by atoms with Crippen molar-refractivity contribution in [2.45, 2.75) is 25.8 Å². The Hall–Kier alpha value is -1.83. The maximum Gasteiger partial charge on any atom is 0.409 e. The SMILES string of the molecule is CC(=O)NC(CCCOC(=O)N1CCNCC1)C(=O)O. The van der Waals surface area contributed by atoms with Gasteiger partial charge < -0.3 is 25.4 Å². The van der Waals surface area contributed by atoms with Crippen molar-refractivity contribution in [1.29, 1.82) is 0 Å². The third-order valence-electron chi connectivity index (χ3n) is 2.91. The number of ether oxygens (including phenoxy) is 1. The Morgan fingerprint density at radius 1 is 1.35 bits per heavy atom. The molecule has 1 saturated heterocycles. The summed E-state index contributed by atoms with van der Waals surface area (Å²) in [6.07, 6.45) is 0.233. The number of carbonyl (C=O) groups is 3. The van der Waals surface area contributed by atoms with E-state index < -0.39 is 17.9 Å². The van der Waals surface area contributed by atoms with E-state index in [1.54, 1.807) is 4.90 Å². The molecule has 0 spiro atoms. The van der Waals surface area contributed by atoms with E-state index in [0.29, 0.717) is 19.5 Å². The first-order chi connectivity index (χ1) is 9.50. The molecule has 8 heteroatoms. The van der Waals surface area contributed by atoms with Crippen molar-refractivity contribution in [2.75, 3.05) is 32.8 Å². The number of nitrogens with zero attached hydrogens (tertiary/aromatic N) is 1. The summed E-state index contributed by atoms with van der Waals surface area (Å²) in [5.74, 6) is -1.48. The summed E-state index contributed by atoms with van der Waals surface area (Å²) in [5, 5.41) is 14.4. The Bertz CT molecular complexity index is 355. The number of rotatable bonds is 6. The van der Waals surface area contributed by atoms with E-state index in [1.165, 1.54) is 6.92 Å². The smallest absolute Gasteiger partial charge is 0.409 e. The zero-order chi connectivity index (χ0) is 15.0. The zero-order valence-corrected chi connectivity index (χ0v) is 11.6. The number of nitrogens with one attached hydrogen (secondary N) is 2. The molecule has 0 aromatic carbocycles. The first-order valence-electron chi connectivity index (χ1n) is 6.63. The monoisotopic (exact) mass is 287 g/mol.